The zero-order valence-electron chi connectivity index (χ0n) is 22.6. The number of sulfone groups is 1. The zero-order valence-corrected chi connectivity index (χ0v) is 23.4. The van der Waals surface area contributed by atoms with E-state index < -0.39 is 9.84 Å². The predicted octanol–water partition coefficient (Wildman–Crippen LogP) is 8.86. The summed E-state index contributed by atoms with van der Waals surface area (Å²) < 4.78 is 32.2. The SMILES string of the molecule is CC(C)(C)Cc1ccc(S(=O)(=O)c2ccc(Oc3ccc(-c4ccc(C(C)(C)C)cc4)cc3)cc2)cc1. The minimum absolute atomic E-state index is 0.127. The third-order valence-corrected chi connectivity index (χ3v) is 8.06. The standard InChI is InChI=1S/C33H36O3S/c1-32(2,3)23-24-7-19-30(20-8-24)37(34,35)31-21-17-29(18-22-31)36-28-15-11-26(12-16-28)25-9-13-27(14-10-25)33(4,5)6/h7-22H,23H2,1-6H3. The first kappa shape index (κ1) is 26.7. The van der Waals surface area contributed by atoms with Crippen LogP contribution >= 0.6 is 0 Å². The lowest BCUT2D eigenvalue weighted by molar-refractivity contribution is 0.411. The van der Waals surface area contributed by atoms with Gasteiger partial charge in [-0.25, -0.2) is 8.42 Å². The van der Waals surface area contributed by atoms with E-state index in [0.29, 0.717) is 16.4 Å². The van der Waals surface area contributed by atoms with E-state index in [-0.39, 0.29) is 15.7 Å². The third kappa shape index (κ3) is 6.69. The number of hydrogen-bond acceptors (Lipinski definition) is 3. The van der Waals surface area contributed by atoms with Gasteiger partial charge in [-0.3, -0.25) is 0 Å². The van der Waals surface area contributed by atoms with Gasteiger partial charge in [-0.15, -0.1) is 0 Å². The summed E-state index contributed by atoms with van der Waals surface area (Å²) >= 11 is 0. The Labute approximate surface area is 222 Å². The van der Waals surface area contributed by atoms with Gasteiger partial charge in [0, 0.05) is 0 Å². The van der Waals surface area contributed by atoms with Crippen LogP contribution in [0.2, 0.25) is 0 Å². The maximum absolute atomic E-state index is 13.1. The first-order chi connectivity index (χ1) is 17.3. The molecule has 0 atom stereocenters. The van der Waals surface area contributed by atoms with E-state index in [1.807, 2.05) is 36.4 Å². The van der Waals surface area contributed by atoms with Crippen molar-refractivity contribution in [1.29, 1.82) is 0 Å². The van der Waals surface area contributed by atoms with Crippen LogP contribution < -0.4 is 4.74 Å². The minimum atomic E-state index is -3.59. The molecule has 0 aromatic heterocycles. The van der Waals surface area contributed by atoms with Gasteiger partial charge in [0.2, 0.25) is 9.84 Å². The smallest absolute Gasteiger partial charge is 0.206 e. The van der Waals surface area contributed by atoms with Gasteiger partial charge in [-0.05, 0) is 88.0 Å². The average molecular weight is 513 g/mol. The maximum Gasteiger partial charge on any atom is 0.206 e. The molecule has 4 aromatic rings. The van der Waals surface area contributed by atoms with Gasteiger partial charge in [-0.1, -0.05) is 90.1 Å². The lowest BCUT2D eigenvalue weighted by atomic mass is 9.86. The van der Waals surface area contributed by atoms with Crippen LogP contribution in [0.5, 0.6) is 11.5 Å². The first-order valence-corrected chi connectivity index (χ1v) is 14.1. The monoisotopic (exact) mass is 512 g/mol. The number of benzene rings is 4. The lowest BCUT2D eigenvalue weighted by Crippen LogP contribution is -2.10. The molecule has 0 aliphatic heterocycles. The van der Waals surface area contributed by atoms with Crippen molar-refractivity contribution in [1.82, 2.24) is 0 Å². The molecule has 0 radical (unpaired) electrons. The van der Waals surface area contributed by atoms with Gasteiger partial charge in [0.15, 0.2) is 0 Å². The number of ether oxygens (including phenoxy) is 1. The zero-order chi connectivity index (χ0) is 26.8. The number of rotatable bonds is 6. The second kappa shape index (κ2) is 10.2. The quantitative estimate of drug-likeness (QED) is 0.259. The molecule has 0 saturated carbocycles. The molecule has 0 bridgehead atoms. The molecule has 0 spiro atoms. The largest absolute Gasteiger partial charge is 0.457 e. The van der Waals surface area contributed by atoms with E-state index in [4.69, 9.17) is 4.74 Å². The third-order valence-electron chi connectivity index (χ3n) is 6.28. The summed E-state index contributed by atoms with van der Waals surface area (Å²) in [5.74, 6) is 1.28. The van der Waals surface area contributed by atoms with Gasteiger partial charge >= 0.3 is 0 Å². The molecule has 4 heteroatoms. The molecule has 0 N–H and O–H groups in total. The Kier molecular flexibility index (Phi) is 7.34. The van der Waals surface area contributed by atoms with Crippen LogP contribution in [0.1, 0.15) is 52.7 Å². The second-order valence-corrected chi connectivity index (χ2v) is 13.8. The fourth-order valence-electron chi connectivity index (χ4n) is 4.24. The average Bonchev–Trinajstić information content (AvgIpc) is 2.84. The van der Waals surface area contributed by atoms with E-state index in [0.717, 1.165) is 23.1 Å². The van der Waals surface area contributed by atoms with Crippen molar-refractivity contribution < 1.29 is 13.2 Å². The molecule has 0 unspecified atom stereocenters. The molecule has 4 aromatic carbocycles. The van der Waals surface area contributed by atoms with Gasteiger partial charge in [0.1, 0.15) is 11.5 Å². The molecule has 0 aliphatic rings. The van der Waals surface area contributed by atoms with Crippen LogP contribution in [0.3, 0.4) is 0 Å². The van der Waals surface area contributed by atoms with Crippen LogP contribution in [0.15, 0.2) is 107 Å². The van der Waals surface area contributed by atoms with Crippen molar-refractivity contribution >= 4 is 9.84 Å². The molecule has 4 rings (SSSR count). The normalized spacial score (nSPS) is 12.4. The molecule has 37 heavy (non-hydrogen) atoms. The van der Waals surface area contributed by atoms with E-state index in [9.17, 15) is 8.42 Å². The van der Waals surface area contributed by atoms with Crippen LogP contribution in [-0.2, 0) is 21.7 Å². The van der Waals surface area contributed by atoms with Crippen LogP contribution in [-0.4, -0.2) is 8.42 Å². The Bertz CT molecular complexity index is 1430. The molecule has 0 aliphatic carbocycles. The van der Waals surface area contributed by atoms with Crippen LogP contribution in [0.25, 0.3) is 11.1 Å². The van der Waals surface area contributed by atoms with Crippen molar-refractivity contribution in [3.05, 3.63) is 108 Å². The van der Waals surface area contributed by atoms with Crippen molar-refractivity contribution in [2.45, 2.75) is 63.2 Å². The van der Waals surface area contributed by atoms with E-state index in [1.165, 1.54) is 5.56 Å². The molecular weight excluding hydrogens is 476 g/mol. The highest BCUT2D eigenvalue weighted by atomic mass is 32.2. The summed E-state index contributed by atoms with van der Waals surface area (Å²) in [4.78, 5) is 0.544. The van der Waals surface area contributed by atoms with Crippen molar-refractivity contribution in [3.63, 3.8) is 0 Å². The van der Waals surface area contributed by atoms with Crippen LogP contribution in [0, 0.1) is 5.41 Å². The molecule has 0 saturated heterocycles. The fraction of sp³-hybridized carbons (Fsp3) is 0.273. The second-order valence-electron chi connectivity index (χ2n) is 11.8. The van der Waals surface area contributed by atoms with Gasteiger partial charge < -0.3 is 4.74 Å². The molecule has 0 amide bonds. The topological polar surface area (TPSA) is 43.4 Å². The predicted molar refractivity (Wildman–Crippen MR) is 152 cm³/mol. The van der Waals surface area contributed by atoms with Crippen molar-refractivity contribution in [2.75, 3.05) is 0 Å². The van der Waals surface area contributed by atoms with E-state index in [1.54, 1.807) is 36.4 Å². The van der Waals surface area contributed by atoms with Gasteiger partial charge in [-0.2, -0.15) is 0 Å². The summed E-state index contributed by atoms with van der Waals surface area (Å²) in [7, 11) is -3.59. The van der Waals surface area contributed by atoms with E-state index in [2.05, 4.69) is 65.8 Å². The summed E-state index contributed by atoms with van der Waals surface area (Å²) in [5.41, 5.74) is 4.97. The Morgan fingerprint density at radius 2 is 0.973 bits per heavy atom. The van der Waals surface area contributed by atoms with Gasteiger partial charge in [0.25, 0.3) is 0 Å². The molecule has 3 nitrogen and oxygen atoms in total. The Morgan fingerprint density at radius 3 is 1.41 bits per heavy atom. The highest BCUT2D eigenvalue weighted by molar-refractivity contribution is 7.91. The summed E-state index contributed by atoms with van der Waals surface area (Å²) in [5, 5.41) is 0. The Balaban J connectivity index is 1.44. The van der Waals surface area contributed by atoms with Crippen molar-refractivity contribution in [2.24, 2.45) is 5.41 Å². The summed E-state index contributed by atoms with van der Waals surface area (Å²) in [6, 6.07) is 30.3. The van der Waals surface area contributed by atoms with Gasteiger partial charge in [0.05, 0.1) is 9.79 Å². The molecule has 0 fully saturated rings. The number of hydrogen-bond donors (Lipinski definition) is 0. The molecular formula is C33H36O3S. The Hall–Kier alpha value is -3.37. The summed E-state index contributed by atoms with van der Waals surface area (Å²) in [6.07, 6.45) is 0.893. The fourth-order valence-corrected chi connectivity index (χ4v) is 5.50. The molecule has 0 heterocycles. The first-order valence-electron chi connectivity index (χ1n) is 12.6. The highest BCUT2D eigenvalue weighted by Crippen LogP contribution is 2.30. The minimum Gasteiger partial charge on any atom is -0.457 e. The van der Waals surface area contributed by atoms with Crippen LogP contribution in [0.4, 0.5) is 0 Å². The van der Waals surface area contributed by atoms with Crippen molar-refractivity contribution in [3.8, 4) is 22.6 Å². The van der Waals surface area contributed by atoms with E-state index >= 15 is 0 Å². The Morgan fingerprint density at radius 1 is 0.568 bits per heavy atom. The molecule has 192 valence electrons. The lowest BCUT2D eigenvalue weighted by Gasteiger charge is -2.19. The highest BCUT2D eigenvalue weighted by Gasteiger charge is 2.19. The summed E-state index contributed by atoms with van der Waals surface area (Å²) in [6.45, 7) is 13.1. The maximum atomic E-state index is 13.1.